The Morgan fingerprint density at radius 1 is 1.27 bits per heavy atom. The second-order valence-corrected chi connectivity index (χ2v) is 5.98. The summed E-state index contributed by atoms with van der Waals surface area (Å²) in [4.78, 5) is 16.9. The van der Waals surface area contributed by atoms with Crippen molar-refractivity contribution in [3.63, 3.8) is 0 Å². The summed E-state index contributed by atoms with van der Waals surface area (Å²) >= 11 is 0. The van der Waals surface area contributed by atoms with E-state index in [1.54, 1.807) is 31.6 Å². The lowest BCUT2D eigenvalue weighted by molar-refractivity contribution is -0.121. The summed E-state index contributed by atoms with van der Waals surface area (Å²) in [5.41, 5.74) is 1.61. The molecule has 0 radical (unpaired) electrons. The number of hydrogen-bond donors (Lipinski definition) is 1. The highest BCUT2D eigenvalue weighted by Gasteiger charge is 2.21. The Balaban J connectivity index is 1.82. The number of amides is 1. The van der Waals surface area contributed by atoms with Crippen LogP contribution >= 0.6 is 0 Å². The van der Waals surface area contributed by atoms with E-state index < -0.39 is 6.04 Å². The number of carbonyl (C=O) groups is 1. The van der Waals surface area contributed by atoms with Crippen molar-refractivity contribution in [3.8, 4) is 5.75 Å². The Labute approximate surface area is 151 Å². The maximum Gasteiger partial charge on any atom is 0.225 e. The maximum atomic E-state index is 13.3. The van der Waals surface area contributed by atoms with Crippen molar-refractivity contribution in [2.24, 2.45) is 7.05 Å². The number of hydrogen-bond acceptors (Lipinski definition) is 3. The predicted octanol–water partition coefficient (Wildman–Crippen LogP) is 3.02. The zero-order valence-corrected chi connectivity index (χ0v) is 14.6. The molecule has 1 amide bonds. The minimum Gasteiger partial charge on any atom is -0.497 e. The Hall–Kier alpha value is -3.15. The number of benzene rings is 2. The average Bonchev–Trinajstić information content (AvgIpc) is 3.06. The summed E-state index contributed by atoms with van der Waals surface area (Å²) in [5.74, 6) is 0.899. The molecular formula is C20H20FN3O2. The van der Waals surface area contributed by atoms with Crippen molar-refractivity contribution in [3.05, 3.63) is 83.7 Å². The van der Waals surface area contributed by atoms with E-state index in [0.29, 0.717) is 11.6 Å². The molecule has 134 valence electrons. The molecule has 26 heavy (non-hydrogen) atoms. The van der Waals surface area contributed by atoms with Gasteiger partial charge in [-0.3, -0.25) is 4.79 Å². The summed E-state index contributed by atoms with van der Waals surface area (Å²) in [5, 5.41) is 3.00. The first kappa shape index (κ1) is 17.7. The van der Waals surface area contributed by atoms with Gasteiger partial charge in [-0.05, 0) is 35.4 Å². The van der Waals surface area contributed by atoms with Crippen molar-refractivity contribution in [1.29, 1.82) is 0 Å². The van der Waals surface area contributed by atoms with Crippen molar-refractivity contribution in [1.82, 2.24) is 14.9 Å². The zero-order chi connectivity index (χ0) is 18.5. The molecule has 0 bridgehead atoms. The number of methoxy groups -OCH3 is 1. The first-order chi connectivity index (χ1) is 12.6. The third-order valence-electron chi connectivity index (χ3n) is 4.12. The van der Waals surface area contributed by atoms with Gasteiger partial charge in [0.25, 0.3) is 0 Å². The van der Waals surface area contributed by atoms with Crippen LogP contribution in [0.1, 0.15) is 23.0 Å². The van der Waals surface area contributed by atoms with Crippen LogP contribution in [0.15, 0.2) is 60.9 Å². The SMILES string of the molecule is COc1cccc(CC(=O)NC(c2ccc(F)cc2)c2nccn2C)c1. The predicted molar refractivity (Wildman–Crippen MR) is 96.3 cm³/mol. The van der Waals surface area contributed by atoms with Crippen molar-refractivity contribution >= 4 is 5.91 Å². The molecule has 1 atom stereocenters. The summed E-state index contributed by atoms with van der Waals surface area (Å²) in [6.07, 6.45) is 3.68. The van der Waals surface area contributed by atoms with E-state index in [2.05, 4.69) is 10.3 Å². The molecule has 0 saturated carbocycles. The van der Waals surface area contributed by atoms with Crippen LogP contribution in [-0.2, 0) is 18.3 Å². The van der Waals surface area contributed by atoms with Crippen LogP contribution in [0.2, 0.25) is 0 Å². The fourth-order valence-corrected chi connectivity index (χ4v) is 2.79. The van der Waals surface area contributed by atoms with Crippen LogP contribution in [0.25, 0.3) is 0 Å². The van der Waals surface area contributed by atoms with E-state index in [4.69, 9.17) is 4.74 Å². The smallest absolute Gasteiger partial charge is 0.225 e. The highest BCUT2D eigenvalue weighted by Crippen LogP contribution is 2.21. The normalized spacial score (nSPS) is 11.8. The summed E-state index contributed by atoms with van der Waals surface area (Å²) in [6.45, 7) is 0. The molecule has 2 aromatic carbocycles. The van der Waals surface area contributed by atoms with E-state index >= 15 is 0 Å². The van der Waals surface area contributed by atoms with Crippen molar-refractivity contribution < 1.29 is 13.9 Å². The standard InChI is InChI=1S/C20H20FN3O2/c1-24-11-10-22-20(24)19(15-6-8-16(21)9-7-15)23-18(25)13-14-4-3-5-17(12-14)26-2/h3-12,19H,13H2,1-2H3,(H,23,25). The average molecular weight is 353 g/mol. The van der Waals surface area contributed by atoms with Crippen molar-refractivity contribution in [2.75, 3.05) is 7.11 Å². The molecule has 0 saturated heterocycles. The van der Waals surface area contributed by atoms with E-state index in [9.17, 15) is 9.18 Å². The second-order valence-electron chi connectivity index (χ2n) is 5.98. The lowest BCUT2D eigenvalue weighted by Crippen LogP contribution is -2.32. The molecule has 0 fully saturated rings. The number of aryl methyl sites for hydroxylation is 1. The van der Waals surface area contributed by atoms with Gasteiger partial charge in [-0.2, -0.15) is 0 Å². The number of ether oxygens (including phenoxy) is 1. The number of rotatable bonds is 6. The van der Waals surface area contributed by atoms with Crippen molar-refractivity contribution in [2.45, 2.75) is 12.5 Å². The van der Waals surface area contributed by atoms with Gasteiger partial charge >= 0.3 is 0 Å². The fraction of sp³-hybridized carbons (Fsp3) is 0.200. The van der Waals surface area contributed by atoms with Gasteiger partial charge in [0.1, 0.15) is 23.4 Å². The number of nitrogens with one attached hydrogen (secondary N) is 1. The maximum absolute atomic E-state index is 13.3. The number of imidazole rings is 1. The number of aromatic nitrogens is 2. The highest BCUT2D eigenvalue weighted by atomic mass is 19.1. The molecule has 1 heterocycles. The van der Waals surface area contributed by atoms with Gasteiger partial charge in [0.15, 0.2) is 0 Å². The molecule has 6 heteroatoms. The first-order valence-corrected chi connectivity index (χ1v) is 8.22. The van der Waals surface area contributed by atoms with Gasteiger partial charge in [0.2, 0.25) is 5.91 Å². The summed E-state index contributed by atoms with van der Waals surface area (Å²) in [7, 11) is 3.44. The van der Waals surface area contributed by atoms with Crippen LogP contribution in [-0.4, -0.2) is 22.6 Å². The zero-order valence-electron chi connectivity index (χ0n) is 14.6. The molecular weight excluding hydrogens is 333 g/mol. The molecule has 1 unspecified atom stereocenters. The number of halogens is 1. The lowest BCUT2D eigenvalue weighted by Gasteiger charge is -2.19. The minimum absolute atomic E-state index is 0.157. The van der Waals surface area contributed by atoms with E-state index in [0.717, 1.165) is 11.1 Å². The van der Waals surface area contributed by atoms with E-state index in [-0.39, 0.29) is 18.1 Å². The molecule has 0 aliphatic rings. The highest BCUT2D eigenvalue weighted by molar-refractivity contribution is 5.79. The van der Waals surface area contributed by atoms with Gasteiger partial charge in [0, 0.05) is 19.4 Å². The fourth-order valence-electron chi connectivity index (χ4n) is 2.79. The quantitative estimate of drug-likeness (QED) is 0.741. The molecule has 5 nitrogen and oxygen atoms in total. The Morgan fingerprint density at radius 2 is 2.04 bits per heavy atom. The molecule has 0 aliphatic carbocycles. The summed E-state index contributed by atoms with van der Waals surface area (Å²) in [6, 6.07) is 13.0. The third kappa shape index (κ3) is 4.08. The van der Waals surface area contributed by atoms with Gasteiger partial charge in [-0.1, -0.05) is 24.3 Å². The summed E-state index contributed by atoms with van der Waals surface area (Å²) < 4.78 is 20.3. The van der Waals surface area contributed by atoms with Crippen LogP contribution in [0, 0.1) is 5.82 Å². The largest absolute Gasteiger partial charge is 0.497 e. The van der Waals surface area contributed by atoms with Crippen LogP contribution in [0.4, 0.5) is 4.39 Å². The van der Waals surface area contributed by atoms with E-state index in [1.807, 2.05) is 35.9 Å². The number of carbonyl (C=O) groups excluding carboxylic acids is 1. The molecule has 0 spiro atoms. The lowest BCUT2D eigenvalue weighted by atomic mass is 10.0. The Bertz CT molecular complexity index is 890. The van der Waals surface area contributed by atoms with Crippen LogP contribution in [0.5, 0.6) is 5.75 Å². The molecule has 1 N–H and O–H groups in total. The topological polar surface area (TPSA) is 56.1 Å². The second kappa shape index (κ2) is 7.82. The van der Waals surface area contributed by atoms with Crippen LogP contribution in [0.3, 0.4) is 0 Å². The Morgan fingerprint density at radius 3 is 2.69 bits per heavy atom. The monoisotopic (exact) mass is 353 g/mol. The third-order valence-corrected chi connectivity index (χ3v) is 4.12. The molecule has 1 aromatic heterocycles. The molecule has 3 rings (SSSR count). The van der Waals surface area contributed by atoms with E-state index in [1.165, 1.54) is 12.1 Å². The van der Waals surface area contributed by atoms with Gasteiger partial charge in [-0.25, -0.2) is 9.37 Å². The van der Waals surface area contributed by atoms with Crippen LogP contribution < -0.4 is 10.1 Å². The number of nitrogens with zero attached hydrogens (tertiary/aromatic N) is 2. The molecule has 0 aliphatic heterocycles. The van der Waals surface area contributed by atoms with Gasteiger partial charge in [-0.15, -0.1) is 0 Å². The minimum atomic E-state index is -0.464. The van der Waals surface area contributed by atoms with Gasteiger partial charge in [0.05, 0.1) is 13.5 Å². The Kier molecular flexibility index (Phi) is 5.31. The molecule has 3 aromatic rings. The van der Waals surface area contributed by atoms with Gasteiger partial charge < -0.3 is 14.6 Å². The first-order valence-electron chi connectivity index (χ1n) is 8.22.